The first-order valence-corrected chi connectivity index (χ1v) is 4.60. The van der Waals surface area contributed by atoms with Gasteiger partial charge in [-0.05, 0) is 6.92 Å². The fourth-order valence-electron chi connectivity index (χ4n) is 0.679. The molecule has 0 aliphatic rings. The number of carbonyl (C=O) groups is 1. The Balaban J connectivity index is 2.52. The van der Waals surface area contributed by atoms with Gasteiger partial charge in [-0.2, -0.15) is 0 Å². The van der Waals surface area contributed by atoms with Crippen molar-refractivity contribution in [1.29, 1.82) is 0 Å². The predicted octanol–water partition coefficient (Wildman–Crippen LogP) is 1.70. The van der Waals surface area contributed by atoms with Crippen LogP contribution in [-0.2, 0) is 16.0 Å². The van der Waals surface area contributed by atoms with E-state index in [4.69, 9.17) is 16.3 Å². The Morgan fingerprint density at radius 2 is 2.58 bits per heavy atom. The molecule has 1 rings (SSSR count). The highest BCUT2D eigenvalue weighted by Gasteiger charge is 2.09. The highest BCUT2D eigenvalue weighted by Crippen LogP contribution is 2.19. The summed E-state index contributed by atoms with van der Waals surface area (Å²) in [6.45, 7) is 2.14. The van der Waals surface area contributed by atoms with Crippen LogP contribution in [0.25, 0.3) is 0 Å². The number of aromatic nitrogens is 1. The minimum absolute atomic E-state index is 0.132. The van der Waals surface area contributed by atoms with Crippen LogP contribution in [0.5, 0.6) is 0 Å². The first-order valence-electron chi connectivity index (χ1n) is 3.41. The third kappa shape index (κ3) is 2.46. The fraction of sp³-hybridized carbons (Fsp3) is 0.429. The summed E-state index contributed by atoms with van der Waals surface area (Å²) in [6, 6.07) is 0. The lowest BCUT2D eigenvalue weighted by atomic mass is 10.3. The van der Waals surface area contributed by atoms with Crippen LogP contribution in [0, 0.1) is 5.51 Å². The minimum Gasteiger partial charge on any atom is -0.466 e. The zero-order valence-electron chi connectivity index (χ0n) is 6.46. The Hall–Kier alpha value is -0.610. The smallest absolute Gasteiger partial charge is 0.311 e. The Kier molecular flexibility index (Phi) is 3.49. The van der Waals surface area contributed by atoms with E-state index in [9.17, 15) is 4.79 Å². The van der Waals surface area contributed by atoms with E-state index in [0.29, 0.717) is 16.6 Å². The van der Waals surface area contributed by atoms with Crippen molar-refractivity contribution in [3.8, 4) is 0 Å². The standard InChI is InChI=1S/C7H7ClNO2S/c1-2-11-6(10)3-5-7(8)12-4-9-5/h2-3H2,1H3. The second kappa shape index (κ2) is 4.42. The van der Waals surface area contributed by atoms with Crippen LogP contribution in [0.15, 0.2) is 0 Å². The topological polar surface area (TPSA) is 39.2 Å². The van der Waals surface area contributed by atoms with Crippen LogP contribution in [-0.4, -0.2) is 17.6 Å². The molecule has 3 nitrogen and oxygen atoms in total. The number of halogens is 1. The van der Waals surface area contributed by atoms with Crippen molar-refractivity contribution in [3.05, 3.63) is 15.5 Å². The van der Waals surface area contributed by atoms with Gasteiger partial charge >= 0.3 is 5.97 Å². The number of ether oxygens (including phenoxy) is 1. The van der Waals surface area contributed by atoms with Crippen LogP contribution in [0.2, 0.25) is 4.34 Å². The maximum atomic E-state index is 10.9. The molecule has 0 atom stereocenters. The van der Waals surface area contributed by atoms with Crippen molar-refractivity contribution in [2.24, 2.45) is 0 Å². The molecule has 0 aliphatic carbocycles. The SMILES string of the molecule is CCOC(=O)Cc1n[c]sc1Cl. The van der Waals surface area contributed by atoms with E-state index in [1.54, 1.807) is 6.92 Å². The number of carbonyl (C=O) groups excluding carboxylic acids is 1. The van der Waals surface area contributed by atoms with Gasteiger partial charge in [0.05, 0.1) is 18.7 Å². The molecule has 0 saturated heterocycles. The summed E-state index contributed by atoms with van der Waals surface area (Å²) >= 11 is 6.89. The summed E-state index contributed by atoms with van der Waals surface area (Å²) in [6.07, 6.45) is 0.132. The molecule has 0 spiro atoms. The monoisotopic (exact) mass is 204 g/mol. The molecule has 5 heteroatoms. The molecule has 65 valence electrons. The molecule has 0 aromatic carbocycles. The number of nitrogens with zero attached hydrogens (tertiary/aromatic N) is 1. The normalized spacial score (nSPS) is 9.83. The number of hydrogen-bond acceptors (Lipinski definition) is 4. The molecule has 0 amide bonds. The molecular weight excluding hydrogens is 198 g/mol. The first-order chi connectivity index (χ1) is 5.74. The molecule has 0 saturated carbocycles. The van der Waals surface area contributed by atoms with Crippen molar-refractivity contribution in [1.82, 2.24) is 4.98 Å². The largest absolute Gasteiger partial charge is 0.466 e. The van der Waals surface area contributed by atoms with E-state index in [1.165, 1.54) is 11.3 Å². The van der Waals surface area contributed by atoms with Gasteiger partial charge in [0.1, 0.15) is 4.34 Å². The van der Waals surface area contributed by atoms with Gasteiger partial charge in [-0.25, -0.2) is 4.98 Å². The van der Waals surface area contributed by atoms with E-state index < -0.39 is 0 Å². The molecule has 1 aromatic heterocycles. The van der Waals surface area contributed by atoms with Gasteiger partial charge in [-0.3, -0.25) is 4.79 Å². The predicted molar refractivity (Wildman–Crippen MR) is 46.3 cm³/mol. The average Bonchev–Trinajstić information content (AvgIpc) is 2.37. The third-order valence-electron chi connectivity index (χ3n) is 1.16. The zero-order chi connectivity index (χ0) is 8.97. The molecular formula is C7H7ClNO2S. The van der Waals surface area contributed by atoms with Crippen molar-refractivity contribution >= 4 is 28.9 Å². The summed E-state index contributed by atoms with van der Waals surface area (Å²) in [5.41, 5.74) is 3.14. The molecule has 0 fully saturated rings. The molecule has 1 aromatic rings. The Morgan fingerprint density at radius 3 is 3.08 bits per heavy atom. The second-order valence-corrected chi connectivity index (χ2v) is 3.40. The summed E-state index contributed by atoms with van der Waals surface area (Å²) in [4.78, 5) is 14.7. The maximum Gasteiger partial charge on any atom is 0.311 e. The highest BCUT2D eigenvalue weighted by atomic mass is 35.5. The zero-order valence-corrected chi connectivity index (χ0v) is 8.04. The molecule has 0 aliphatic heterocycles. The Morgan fingerprint density at radius 1 is 1.83 bits per heavy atom. The molecule has 0 unspecified atom stereocenters. The van der Waals surface area contributed by atoms with Crippen LogP contribution in [0.3, 0.4) is 0 Å². The Bertz CT molecular complexity index is 274. The molecule has 0 bridgehead atoms. The van der Waals surface area contributed by atoms with Crippen LogP contribution in [0.1, 0.15) is 12.6 Å². The summed E-state index contributed by atoms with van der Waals surface area (Å²) in [5.74, 6) is -0.307. The van der Waals surface area contributed by atoms with Gasteiger partial charge in [0.15, 0.2) is 5.51 Å². The van der Waals surface area contributed by atoms with E-state index in [2.05, 4.69) is 10.5 Å². The van der Waals surface area contributed by atoms with E-state index in [-0.39, 0.29) is 12.4 Å². The maximum absolute atomic E-state index is 10.9. The average molecular weight is 205 g/mol. The Labute approximate surface area is 79.3 Å². The molecule has 12 heavy (non-hydrogen) atoms. The van der Waals surface area contributed by atoms with Gasteiger partial charge in [0.2, 0.25) is 0 Å². The summed E-state index contributed by atoms with van der Waals surface area (Å²) < 4.78 is 5.23. The van der Waals surface area contributed by atoms with Crippen LogP contribution < -0.4 is 0 Å². The van der Waals surface area contributed by atoms with Gasteiger partial charge in [-0.1, -0.05) is 22.9 Å². The van der Waals surface area contributed by atoms with Crippen molar-refractivity contribution < 1.29 is 9.53 Å². The van der Waals surface area contributed by atoms with E-state index in [0.717, 1.165) is 0 Å². The highest BCUT2D eigenvalue weighted by molar-refractivity contribution is 7.13. The third-order valence-corrected chi connectivity index (χ3v) is 2.21. The first kappa shape index (κ1) is 9.48. The lowest BCUT2D eigenvalue weighted by Gasteiger charge is -1.98. The van der Waals surface area contributed by atoms with Gasteiger partial charge in [0.25, 0.3) is 0 Å². The van der Waals surface area contributed by atoms with E-state index >= 15 is 0 Å². The minimum atomic E-state index is -0.307. The number of esters is 1. The quantitative estimate of drug-likeness (QED) is 0.704. The molecule has 1 heterocycles. The lowest BCUT2D eigenvalue weighted by Crippen LogP contribution is -2.07. The lowest BCUT2D eigenvalue weighted by molar-refractivity contribution is -0.142. The molecule has 1 radical (unpaired) electrons. The number of thiazole rings is 1. The van der Waals surface area contributed by atoms with E-state index in [1.807, 2.05) is 0 Å². The second-order valence-electron chi connectivity index (χ2n) is 2.01. The van der Waals surface area contributed by atoms with Crippen LogP contribution >= 0.6 is 22.9 Å². The van der Waals surface area contributed by atoms with Crippen LogP contribution in [0.4, 0.5) is 0 Å². The van der Waals surface area contributed by atoms with Crippen molar-refractivity contribution in [2.45, 2.75) is 13.3 Å². The van der Waals surface area contributed by atoms with Gasteiger partial charge in [0, 0.05) is 0 Å². The molecule has 0 N–H and O–H groups in total. The summed E-state index contributed by atoms with van der Waals surface area (Å²) in [5, 5.41) is 0. The summed E-state index contributed by atoms with van der Waals surface area (Å²) in [7, 11) is 0. The van der Waals surface area contributed by atoms with Crippen molar-refractivity contribution in [2.75, 3.05) is 6.61 Å². The number of rotatable bonds is 3. The van der Waals surface area contributed by atoms with Gasteiger partial charge < -0.3 is 4.74 Å². The van der Waals surface area contributed by atoms with Gasteiger partial charge in [-0.15, -0.1) is 0 Å². The van der Waals surface area contributed by atoms with Crippen molar-refractivity contribution in [3.63, 3.8) is 0 Å². The number of hydrogen-bond donors (Lipinski definition) is 0. The fourth-order valence-corrected chi connectivity index (χ4v) is 1.36.